The molecule has 1 aromatic rings. The standard InChI is InChI=1S/C13H16BrClF2N2O2/c1-7(6-18)2-3-11(20)19-10-5-8(15)4-9(14)12(10)21-13(16)17/h4-5,7,13H,2-3,6,18H2,1H3,(H,19,20). The zero-order chi connectivity index (χ0) is 16.0. The van der Waals surface area contributed by atoms with Crippen LogP contribution in [0, 0.1) is 5.92 Å². The number of rotatable bonds is 7. The molecule has 1 rings (SSSR count). The van der Waals surface area contributed by atoms with Gasteiger partial charge in [-0.25, -0.2) is 0 Å². The Kier molecular flexibility index (Phi) is 7.34. The van der Waals surface area contributed by atoms with Crippen LogP contribution in [0.5, 0.6) is 5.75 Å². The van der Waals surface area contributed by atoms with Gasteiger partial charge in [0.1, 0.15) is 0 Å². The molecular formula is C13H16BrClF2N2O2. The van der Waals surface area contributed by atoms with E-state index in [0.717, 1.165) is 0 Å². The maximum atomic E-state index is 12.4. The SMILES string of the molecule is CC(CN)CCC(=O)Nc1cc(Cl)cc(Br)c1OC(F)F. The summed E-state index contributed by atoms with van der Waals surface area (Å²) in [5.74, 6) is -0.267. The van der Waals surface area contributed by atoms with Gasteiger partial charge in [-0.05, 0) is 46.9 Å². The minimum Gasteiger partial charge on any atom is -0.431 e. The van der Waals surface area contributed by atoms with E-state index >= 15 is 0 Å². The van der Waals surface area contributed by atoms with Gasteiger partial charge in [0.15, 0.2) is 5.75 Å². The number of benzene rings is 1. The average molecular weight is 386 g/mol. The maximum absolute atomic E-state index is 12.4. The van der Waals surface area contributed by atoms with Gasteiger partial charge in [0, 0.05) is 11.4 Å². The van der Waals surface area contributed by atoms with Crippen molar-refractivity contribution in [1.82, 2.24) is 0 Å². The summed E-state index contributed by atoms with van der Waals surface area (Å²) in [7, 11) is 0. The van der Waals surface area contributed by atoms with Crippen LogP contribution >= 0.6 is 27.5 Å². The number of nitrogens with one attached hydrogen (secondary N) is 1. The summed E-state index contributed by atoms with van der Waals surface area (Å²) in [6, 6.07) is 2.76. The topological polar surface area (TPSA) is 64.4 Å². The van der Waals surface area contributed by atoms with Gasteiger partial charge < -0.3 is 15.8 Å². The highest BCUT2D eigenvalue weighted by Crippen LogP contribution is 2.37. The number of amides is 1. The fraction of sp³-hybridized carbons (Fsp3) is 0.462. The number of ether oxygens (including phenoxy) is 1. The van der Waals surface area contributed by atoms with E-state index < -0.39 is 6.61 Å². The highest BCUT2D eigenvalue weighted by atomic mass is 79.9. The molecule has 118 valence electrons. The lowest BCUT2D eigenvalue weighted by Crippen LogP contribution is -2.17. The molecule has 0 heterocycles. The van der Waals surface area contributed by atoms with Crippen LogP contribution in [-0.4, -0.2) is 19.1 Å². The van der Waals surface area contributed by atoms with Gasteiger partial charge in [0.25, 0.3) is 0 Å². The molecule has 1 atom stereocenters. The fourth-order valence-electron chi connectivity index (χ4n) is 1.57. The molecule has 0 saturated heterocycles. The second-order valence-electron chi connectivity index (χ2n) is 4.57. The number of carbonyl (C=O) groups is 1. The van der Waals surface area contributed by atoms with Crippen molar-refractivity contribution in [3.8, 4) is 5.75 Å². The van der Waals surface area contributed by atoms with Crippen LogP contribution in [0.1, 0.15) is 19.8 Å². The summed E-state index contributed by atoms with van der Waals surface area (Å²) in [5.41, 5.74) is 5.57. The second-order valence-corrected chi connectivity index (χ2v) is 5.86. The van der Waals surface area contributed by atoms with Crippen molar-refractivity contribution >= 4 is 39.1 Å². The van der Waals surface area contributed by atoms with Crippen LogP contribution in [0.4, 0.5) is 14.5 Å². The van der Waals surface area contributed by atoms with Crippen LogP contribution < -0.4 is 15.8 Å². The second kappa shape index (κ2) is 8.51. The van der Waals surface area contributed by atoms with E-state index in [0.29, 0.717) is 13.0 Å². The Morgan fingerprint density at radius 2 is 2.19 bits per heavy atom. The van der Waals surface area contributed by atoms with Gasteiger partial charge in [-0.1, -0.05) is 18.5 Å². The number of anilines is 1. The van der Waals surface area contributed by atoms with Crippen LogP contribution in [0.2, 0.25) is 5.02 Å². The van der Waals surface area contributed by atoms with Crippen molar-refractivity contribution in [3.63, 3.8) is 0 Å². The fourth-order valence-corrected chi connectivity index (χ4v) is 2.47. The Hall–Kier alpha value is -0.920. The van der Waals surface area contributed by atoms with Crippen LogP contribution in [0.25, 0.3) is 0 Å². The van der Waals surface area contributed by atoms with Crippen LogP contribution in [-0.2, 0) is 4.79 Å². The molecule has 3 N–H and O–H groups in total. The van der Waals surface area contributed by atoms with Crippen LogP contribution in [0.15, 0.2) is 16.6 Å². The highest BCUT2D eigenvalue weighted by molar-refractivity contribution is 9.10. The van der Waals surface area contributed by atoms with Crippen molar-refractivity contribution in [2.45, 2.75) is 26.4 Å². The van der Waals surface area contributed by atoms with E-state index in [1.165, 1.54) is 12.1 Å². The third-order valence-electron chi connectivity index (χ3n) is 2.76. The van der Waals surface area contributed by atoms with Gasteiger partial charge in [-0.3, -0.25) is 4.79 Å². The van der Waals surface area contributed by atoms with Crippen molar-refractivity contribution in [2.24, 2.45) is 11.7 Å². The Morgan fingerprint density at radius 1 is 1.52 bits per heavy atom. The summed E-state index contributed by atoms with van der Waals surface area (Å²) < 4.78 is 29.5. The number of hydrogen-bond acceptors (Lipinski definition) is 3. The van der Waals surface area contributed by atoms with Crippen molar-refractivity contribution in [3.05, 3.63) is 21.6 Å². The molecule has 21 heavy (non-hydrogen) atoms. The summed E-state index contributed by atoms with van der Waals surface area (Å²) >= 11 is 8.93. The lowest BCUT2D eigenvalue weighted by atomic mass is 10.1. The molecule has 8 heteroatoms. The van der Waals surface area contributed by atoms with Gasteiger partial charge in [0.05, 0.1) is 10.2 Å². The summed E-state index contributed by atoms with van der Waals surface area (Å²) in [6.45, 7) is -0.597. The van der Waals surface area contributed by atoms with E-state index in [2.05, 4.69) is 26.0 Å². The van der Waals surface area contributed by atoms with Gasteiger partial charge in [-0.15, -0.1) is 0 Å². The molecule has 0 aliphatic heterocycles. The van der Waals surface area contributed by atoms with E-state index in [1.54, 1.807) is 0 Å². The summed E-state index contributed by atoms with van der Waals surface area (Å²) in [4.78, 5) is 11.8. The molecular weight excluding hydrogens is 370 g/mol. The molecule has 0 spiro atoms. The molecule has 1 unspecified atom stereocenters. The molecule has 0 fully saturated rings. The number of nitrogens with two attached hydrogens (primary N) is 1. The summed E-state index contributed by atoms with van der Waals surface area (Å²) in [6.07, 6.45) is 0.839. The van der Waals surface area contributed by atoms with E-state index in [9.17, 15) is 13.6 Å². The number of hydrogen-bond donors (Lipinski definition) is 2. The van der Waals surface area contributed by atoms with Gasteiger partial charge in [0.2, 0.25) is 5.91 Å². The largest absolute Gasteiger partial charge is 0.431 e. The maximum Gasteiger partial charge on any atom is 0.387 e. The third-order valence-corrected chi connectivity index (χ3v) is 3.56. The van der Waals surface area contributed by atoms with Crippen molar-refractivity contribution < 1.29 is 18.3 Å². The first-order chi connectivity index (χ1) is 9.83. The van der Waals surface area contributed by atoms with Gasteiger partial charge in [-0.2, -0.15) is 8.78 Å². The molecule has 4 nitrogen and oxygen atoms in total. The molecule has 0 radical (unpaired) electrons. The first-order valence-corrected chi connectivity index (χ1v) is 7.44. The smallest absolute Gasteiger partial charge is 0.387 e. The zero-order valence-electron chi connectivity index (χ0n) is 11.3. The predicted molar refractivity (Wildman–Crippen MR) is 81.9 cm³/mol. The first kappa shape index (κ1) is 18.1. The Labute approximate surface area is 135 Å². The Balaban J connectivity index is 2.83. The van der Waals surface area contributed by atoms with Crippen LogP contribution in [0.3, 0.4) is 0 Å². The minimum absolute atomic E-state index is 0.0973. The van der Waals surface area contributed by atoms with Crippen molar-refractivity contribution in [1.29, 1.82) is 0 Å². The number of alkyl halides is 2. The number of halogens is 4. The normalized spacial score (nSPS) is 12.3. The molecule has 0 bridgehead atoms. The number of carbonyl (C=O) groups excluding carboxylic acids is 1. The Morgan fingerprint density at radius 3 is 2.76 bits per heavy atom. The molecule has 0 aliphatic carbocycles. The van der Waals surface area contributed by atoms with E-state index in [-0.39, 0.29) is 39.2 Å². The monoisotopic (exact) mass is 384 g/mol. The lowest BCUT2D eigenvalue weighted by molar-refractivity contribution is -0.116. The third kappa shape index (κ3) is 6.15. The molecule has 1 amide bonds. The highest BCUT2D eigenvalue weighted by Gasteiger charge is 2.17. The zero-order valence-corrected chi connectivity index (χ0v) is 13.7. The minimum atomic E-state index is -3.00. The quantitative estimate of drug-likeness (QED) is 0.745. The Bertz CT molecular complexity index is 503. The predicted octanol–water partition coefficient (Wildman–Crippen LogP) is 4.02. The van der Waals surface area contributed by atoms with E-state index in [4.69, 9.17) is 17.3 Å². The molecule has 0 aliphatic rings. The lowest BCUT2D eigenvalue weighted by Gasteiger charge is -2.14. The summed E-state index contributed by atoms with van der Waals surface area (Å²) in [5, 5.41) is 2.81. The van der Waals surface area contributed by atoms with E-state index in [1.807, 2.05) is 6.92 Å². The van der Waals surface area contributed by atoms with Gasteiger partial charge >= 0.3 is 6.61 Å². The average Bonchev–Trinajstić information content (AvgIpc) is 2.39. The molecule has 0 aromatic heterocycles. The van der Waals surface area contributed by atoms with Crippen molar-refractivity contribution in [2.75, 3.05) is 11.9 Å². The first-order valence-electron chi connectivity index (χ1n) is 6.27. The molecule has 0 saturated carbocycles. The molecule has 1 aromatic carbocycles.